The fourth-order valence-corrected chi connectivity index (χ4v) is 3.58. The quantitative estimate of drug-likeness (QED) is 0.725. The number of urea groups is 1. The predicted molar refractivity (Wildman–Crippen MR) is 96.1 cm³/mol. The van der Waals surface area contributed by atoms with Crippen molar-refractivity contribution >= 4 is 28.5 Å². The molecule has 2 N–H and O–H groups in total. The van der Waals surface area contributed by atoms with Gasteiger partial charge in [-0.2, -0.15) is 0 Å². The maximum Gasteiger partial charge on any atom is 0.318 e. The maximum atomic E-state index is 13.8. The van der Waals surface area contributed by atoms with Gasteiger partial charge in [-0.05, 0) is 24.1 Å². The molecule has 2 heterocycles. The van der Waals surface area contributed by atoms with E-state index in [-0.39, 0.29) is 24.4 Å². The number of halogens is 2. The minimum Gasteiger partial charge on any atom is -0.360 e. The van der Waals surface area contributed by atoms with Crippen LogP contribution in [0.5, 0.6) is 0 Å². The van der Waals surface area contributed by atoms with E-state index in [0.29, 0.717) is 23.6 Å². The molecule has 4 nitrogen and oxygen atoms in total. The number of carbonyl (C=O) groups excluding carboxylic acids is 1. The van der Waals surface area contributed by atoms with Gasteiger partial charge in [-0.3, -0.25) is 0 Å². The Hall–Kier alpha value is -2.53. The second-order valence-corrected chi connectivity index (χ2v) is 6.71. The highest BCUT2D eigenvalue weighted by molar-refractivity contribution is 6.35. The van der Waals surface area contributed by atoms with Gasteiger partial charge in [-0.25, -0.2) is 9.18 Å². The van der Waals surface area contributed by atoms with Gasteiger partial charge in [0.05, 0.1) is 23.1 Å². The van der Waals surface area contributed by atoms with E-state index in [9.17, 15) is 9.18 Å². The Morgan fingerprint density at radius 3 is 2.84 bits per heavy atom. The Kier molecular flexibility index (Phi) is 4.09. The van der Waals surface area contributed by atoms with Crippen molar-refractivity contribution in [3.63, 3.8) is 0 Å². The first-order valence-electron chi connectivity index (χ1n) is 8.15. The Morgan fingerprint density at radius 1 is 1.16 bits per heavy atom. The normalized spacial score (nSPS) is 17.3. The Bertz CT molecular complexity index is 939. The van der Waals surface area contributed by atoms with E-state index < -0.39 is 0 Å². The summed E-state index contributed by atoms with van der Waals surface area (Å²) in [5, 5.41) is 4.72. The van der Waals surface area contributed by atoms with Crippen molar-refractivity contribution in [3.8, 4) is 0 Å². The molecular weight excluding hydrogens is 341 g/mol. The fourth-order valence-electron chi connectivity index (χ4n) is 3.35. The first-order chi connectivity index (χ1) is 12.1. The molecule has 1 aromatic heterocycles. The molecule has 2 aromatic carbocycles. The van der Waals surface area contributed by atoms with Crippen molar-refractivity contribution < 1.29 is 9.18 Å². The summed E-state index contributed by atoms with van der Waals surface area (Å²) in [6.45, 7) is 0.815. The zero-order valence-electron chi connectivity index (χ0n) is 13.4. The van der Waals surface area contributed by atoms with E-state index >= 15 is 0 Å². The summed E-state index contributed by atoms with van der Waals surface area (Å²) in [4.78, 5) is 17.0. The summed E-state index contributed by atoms with van der Waals surface area (Å²) in [7, 11) is 0. The second kappa shape index (κ2) is 6.41. The highest BCUT2D eigenvalue weighted by Gasteiger charge is 2.29. The molecule has 0 aliphatic carbocycles. The van der Waals surface area contributed by atoms with Gasteiger partial charge in [-0.1, -0.05) is 41.9 Å². The standard InChI is InChI=1S/C19H17ClFN3O/c20-16-6-3-5-15-13(9-22-18(15)16)8-14-11-24(19(25)23-14)10-12-4-1-2-7-17(12)21/h1-7,9,14,22H,8,10-11H2,(H,23,25). The lowest BCUT2D eigenvalue weighted by molar-refractivity contribution is 0.215. The SMILES string of the molecule is O=C1NC(Cc2c[nH]c3c(Cl)cccc23)CN1Cc1ccccc1F. The van der Waals surface area contributed by atoms with Gasteiger partial charge in [0, 0.05) is 23.7 Å². The molecule has 6 heteroatoms. The fraction of sp³-hybridized carbons (Fsp3) is 0.211. The minimum atomic E-state index is -0.287. The largest absolute Gasteiger partial charge is 0.360 e. The molecule has 4 rings (SSSR count). The molecule has 1 aliphatic heterocycles. The zero-order valence-corrected chi connectivity index (χ0v) is 14.2. The number of nitrogens with one attached hydrogen (secondary N) is 2. The van der Waals surface area contributed by atoms with Crippen LogP contribution in [-0.2, 0) is 13.0 Å². The van der Waals surface area contributed by atoms with Crippen LogP contribution in [-0.4, -0.2) is 28.5 Å². The third-order valence-electron chi connectivity index (χ3n) is 4.59. The van der Waals surface area contributed by atoms with Gasteiger partial charge in [0.1, 0.15) is 5.82 Å². The van der Waals surface area contributed by atoms with Gasteiger partial charge in [0.25, 0.3) is 0 Å². The van der Waals surface area contributed by atoms with Gasteiger partial charge < -0.3 is 15.2 Å². The van der Waals surface area contributed by atoms with Crippen LogP contribution in [0.1, 0.15) is 11.1 Å². The second-order valence-electron chi connectivity index (χ2n) is 6.30. The minimum absolute atomic E-state index is 0.0164. The van der Waals surface area contributed by atoms with E-state index in [0.717, 1.165) is 16.5 Å². The smallest absolute Gasteiger partial charge is 0.318 e. The van der Waals surface area contributed by atoms with Gasteiger partial charge in [0.15, 0.2) is 0 Å². The summed E-state index contributed by atoms with van der Waals surface area (Å²) < 4.78 is 13.8. The summed E-state index contributed by atoms with van der Waals surface area (Å²) in [6, 6.07) is 12.1. The first kappa shape index (κ1) is 16.0. The van der Waals surface area contributed by atoms with Crippen LogP contribution in [0.4, 0.5) is 9.18 Å². The molecule has 1 saturated heterocycles. The van der Waals surface area contributed by atoms with Crippen LogP contribution >= 0.6 is 11.6 Å². The third-order valence-corrected chi connectivity index (χ3v) is 4.91. The molecule has 1 atom stereocenters. The summed E-state index contributed by atoms with van der Waals surface area (Å²) in [5.74, 6) is -0.287. The molecule has 0 radical (unpaired) electrons. The zero-order chi connectivity index (χ0) is 17.4. The molecule has 1 fully saturated rings. The lowest BCUT2D eigenvalue weighted by Gasteiger charge is -2.15. The maximum absolute atomic E-state index is 13.8. The van der Waals surface area contributed by atoms with Crippen LogP contribution in [0.15, 0.2) is 48.7 Å². The molecule has 0 spiro atoms. The number of H-pyrrole nitrogens is 1. The van der Waals surface area contributed by atoms with Crippen LogP contribution in [0.25, 0.3) is 10.9 Å². The summed E-state index contributed by atoms with van der Waals surface area (Å²) in [5.41, 5.74) is 2.54. The average molecular weight is 358 g/mol. The molecule has 0 saturated carbocycles. The van der Waals surface area contributed by atoms with Crippen LogP contribution in [0.3, 0.4) is 0 Å². The highest BCUT2D eigenvalue weighted by atomic mass is 35.5. The Morgan fingerprint density at radius 2 is 2.00 bits per heavy atom. The number of fused-ring (bicyclic) bond motifs is 1. The number of benzene rings is 2. The van der Waals surface area contributed by atoms with Gasteiger partial charge in [0.2, 0.25) is 0 Å². The van der Waals surface area contributed by atoms with Crippen molar-refractivity contribution in [1.29, 1.82) is 0 Å². The van der Waals surface area contributed by atoms with Crippen molar-refractivity contribution in [1.82, 2.24) is 15.2 Å². The monoisotopic (exact) mass is 357 g/mol. The Balaban J connectivity index is 1.49. The number of hydrogen-bond acceptors (Lipinski definition) is 1. The van der Waals surface area contributed by atoms with Crippen molar-refractivity contribution in [2.45, 2.75) is 19.0 Å². The average Bonchev–Trinajstić information content (AvgIpc) is 3.15. The van der Waals surface area contributed by atoms with Crippen molar-refractivity contribution in [2.24, 2.45) is 0 Å². The number of nitrogens with zero attached hydrogens (tertiary/aromatic N) is 1. The molecule has 1 aliphatic rings. The number of aromatic nitrogens is 1. The van der Waals surface area contributed by atoms with E-state index in [1.807, 2.05) is 24.4 Å². The molecule has 1 unspecified atom stereocenters. The van der Waals surface area contributed by atoms with E-state index in [1.54, 1.807) is 23.1 Å². The molecule has 2 amide bonds. The van der Waals surface area contributed by atoms with Crippen LogP contribution < -0.4 is 5.32 Å². The van der Waals surface area contributed by atoms with Gasteiger partial charge in [-0.15, -0.1) is 0 Å². The summed E-state index contributed by atoms with van der Waals surface area (Å²) in [6.07, 6.45) is 2.63. The van der Waals surface area contributed by atoms with E-state index in [2.05, 4.69) is 10.3 Å². The molecule has 0 bridgehead atoms. The predicted octanol–water partition coefficient (Wildman–Crippen LogP) is 4.10. The van der Waals surface area contributed by atoms with Gasteiger partial charge >= 0.3 is 6.03 Å². The number of aromatic amines is 1. The van der Waals surface area contributed by atoms with E-state index in [1.165, 1.54) is 6.07 Å². The third kappa shape index (κ3) is 3.07. The molecule has 25 heavy (non-hydrogen) atoms. The highest BCUT2D eigenvalue weighted by Crippen LogP contribution is 2.26. The molecule has 128 valence electrons. The molecule has 3 aromatic rings. The number of para-hydroxylation sites is 1. The Labute approximate surface area is 149 Å². The van der Waals surface area contributed by atoms with Crippen LogP contribution in [0, 0.1) is 5.82 Å². The number of carbonyl (C=O) groups is 1. The number of amides is 2. The molecular formula is C19H17ClFN3O. The number of hydrogen-bond donors (Lipinski definition) is 2. The van der Waals surface area contributed by atoms with E-state index in [4.69, 9.17) is 11.6 Å². The lowest BCUT2D eigenvalue weighted by Crippen LogP contribution is -2.29. The van der Waals surface area contributed by atoms with Crippen molar-refractivity contribution in [2.75, 3.05) is 6.54 Å². The van der Waals surface area contributed by atoms with Crippen molar-refractivity contribution in [3.05, 3.63) is 70.6 Å². The summed E-state index contributed by atoms with van der Waals surface area (Å²) >= 11 is 6.19. The first-order valence-corrected chi connectivity index (χ1v) is 8.53. The topological polar surface area (TPSA) is 48.1 Å². The lowest BCUT2D eigenvalue weighted by atomic mass is 10.1. The number of rotatable bonds is 4. The van der Waals surface area contributed by atoms with Crippen LogP contribution in [0.2, 0.25) is 5.02 Å².